The zero-order valence-electron chi connectivity index (χ0n) is 9.30. The first kappa shape index (κ1) is 12.4. The van der Waals surface area contributed by atoms with E-state index in [1.165, 1.54) is 12.1 Å². The van der Waals surface area contributed by atoms with E-state index in [1.807, 2.05) is 0 Å². The van der Waals surface area contributed by atoms with Crippen LogP contribution in [0.1, 0.15) is 12.8 Å². The van der Waals surface area contributed by atoms with Gasteiger partial charge in [0.1, 0.15) is 6.61 Å². The minimum absolute atomic E-state index is 0.00268. The second kappa shape index (κ2) is 5.49. The fourth-order valence-corrected chi connectivity index (χ4v) is 1.75. The van der Waals surface area contributed by atoms with E-state index < -0.39 is 12.9 Å². The summed E-state index contributed by atoms with van der Waals surface area (Å²) in [6.45, 7) is 0.994. The molecule has 2 rings (SSSR count). The van der Waals surface area contributed by atoms with Crippen molar-refractivity contribution in [3.05, 3.63) is 24.0 Å². The summed E-state index contributed by atoms with van der Waals surface area (Å²) in [5.41, 5.74) is 0.203. The van der Waals surface area contributed by atoms with E-state index in [9.17, 15) is 4.39 Å². The van der Waals surface area contributed by atoms with Gasteiger partial charge in [0.15, 0.2) is 11.6 Å². The summed E-state index contributed by atoms with van der Waals surface area (Å²) in [6, 6.07) is 3.74. The molecular formula is C11H14BFO4. The minimum atomic E-state index is -1.62. The molecule has 0 radical (unpaired) electrons. The van der Waals surface area contributed by atoms with E-state index in [4.69, 9.17) is 19.5 Å². The lowest BCUT2D eigenvalue weighted by Gasteiger charge is -2.12. The Morgan fingerprint density at radius 3 is 2.94 bits per heavy atom. The smallest absolute Gasteiger partial charge is 0.488 e. The molecular weight excluding hydrogens is 226 g/mol. The molecule has 1 aromatic carbocycles. The molecule has 1 aliphatic heterocycles. The lowest BCUT2D eigenvalue weighted by Crippen LogP contribution is -2.30. The number of benzene rings is 1. The maximum Gasteiger partial charge on any atom is 0.488 e. The van der Waals surface area contributed by atoms with Gasteiger partial charge >= 0.3 is 7.12 Å². The van der Waals surface area contributed by atoms with Crippen LogP contribution in [0.25, 0.3) is 0 Å². The molecule has 1 unspecified atom stereocenters. The third kappa shape index (κ3) is 3.18. The Labute approximate surface area is 99.1 Å². The zero-order valence-corrected chi connectivity index (χ0v) is 9.30. The molecule has 17 heavy (non-hydrogen) atoms. The molecule has 0 aromatic heterocycles. The predicted molar refractivity (Wildman–Crippen MR) is 60.7 cm³/mol. The number of hydrogen-bond acceptors (Lipinski definition) is 4. The Bertz CT molecular complexity index is 380. The molecule has 1 aliphatic rings. The van der Waals surface area contributed by atoms with Gasteiger partial charge in [-0.15, -0.1) is 0 Å². The highest BCUT2D eigenvalue weighted by molar-refractivity contribution is 6.58. The molecule has 1 saturated heterocycles. The van der Waals surface area contributed by atoms with Crippen LogP contribution < -0.4 is 10.2 Å². The third-order valence-corrected chi connectivity index (χ3v) is 2.70. The molecule has 1 fully saturated rings. The molecule has 2 N–H and O–H groups in total. The van der Waals surface area contributed by atoms with Crippen LogP contribution in [0.4, 0.5) is 4.39 Å². The highest BCUT2D eigenvalue weighted by atomic mass is 19.1. The van der Waals surface area contributed by atoms with Crippen LogP contribution in [0.2, 0.25) is 0 Å². The van der Waals surface area contributed by atoms with Crippen molar-refractivity contribution in [1.82, 2.24) is 0 Å². The number of rotatable bonds is 4. The Morgan fingerprint density at radius 1 is 1.47 bits per heavy atom. The predicted octanol–water partition coefficient (Wildman–Crippen LogP) is 0.0633. The lowest BCUT2D eigenvalue weighted by molar-refractivity contribution is 0.0666. The summed E-state index contributed by atoms with van der Waals surface area (Å²) in [4.78, 5) is 0. The second-order valence-electron chi connectivity index (χ2n) is 4.01. The van der Waals surface area contributed by atoms with Crippen LogP contribution in [0.15, 0.2) is 18.2 Å². The van der Waals surface area contributed by atoms with E-state index >= 15 is 0 Å². The van der Waals surface area contributed by atoms with Gasteiger partial charge in [0.2, 0.25) is 0 Å². The normalized spacial score (nSPS) is 19.4. The second-order valence-corrected chi connectivity index (χ2v) is 4.01. The van der Waals surface area contributed by atoms with Crippen LogP contribution in [-0.4, -0.2) is 36.5 Å². The van der Waals surface area contributed by atoms with Crippen LogP contribution >= 0.6 is 0 Å². The Kier molecular flexibility index (Phi) is 3.99. The summed E-state index contributed by atoms with van der Waals surface area (Å²) in [6.07, 6.45) is 1.90. The summed E-state index contributed by atoms with van der Waals surface area (Å²) in [7, 11) is -1.62. The van der Waals surface area contributed by atoms with Crippen molar-refractivity contribution in [2.45, 2.75) is 18.9 Å². The summed E-state index contributed by atoms with van der Waals surface area (Å²) in [5.74, 6) is -0.501. The molecule has 92 valence electrons. The largest absolute Gasteiger partial charge is 0.488 e. The minimum Gasteiger partial charge on any atom is -0.488 e. The highest BCUT2D eigenvalue weighted by Crippen LogP contribution is 2.18. The van der Waals surface area contributed by atoms with Gasteiger partial charge < -0.3 is 19.5 Å². The monoisotopic (exact) mass is 240 g/mol. The zero-order chi connectivity index (χ0) is 12.3. The standard InChI is InChI=1S/C11H14BFO4/c13-10-4-3-8(12(14)15)6-11(10)17-7-9-2-1-5-16-9/h3-4,6,9,14-15H,1-2,5,7H2. The van der Waals surface area contributed by atoms with Gasteiger partial charge in [-0.3, -0.25) is 0 Å². The molecule has 0 bridgehead atoms. The molecule has 1 heterocycles. The SMILES string of the molecule is OB(O)c1ccc(F)c(OCC2CCCO2)c1. The first-order chi connectivity index (χ1) is 8.16. The third-order valence-electron chi connectivity index (χ3n) is 2.70. The molecule has 4 nitrogen and oxygen atoms in total. The molecule has 6 heteroatoms. The van der Waals surface area contributed by atoms with Crippen LogP contribution in [0.3, 0.4) is 0 Å². The van der Waals surface area contributed by atoms with E-state index in [-0.39, 0.29) is 23.9 Å². The highest BCUT2D eigenvalue weighted by Gasteiger charge is 2.18. The van der Waals surface area contributed by atoms with Gasteiger partial charge in [0.05, 0.1) is 6.10 Å². The summed E-state index contributed by atoms with van der Waals surface area (Å²) < 4.78 is 24.0. The van der Waals surface area contributed by atoms with Crippen LogP contribution in [0, 0.1) is 5.82 Å². The van der Waals surface area contributed by atoms with Gasteiger partial charge in [-0.1, -0.05) is 6.07 Å². The van der Waals surface area contributed by atoms with E-state index in [2.05, 4.69) is 0 Å². The van der Waals surface area contributed by atoms with Crippen molar-refractivity contribution in [3.63, 3.8) is 0 Å². The Hall–Kier alpha value is -1.11. The van der Waals surface area contributed by atoms with Gasteiger partial charge in [-0.2, -0.15) is 0 Å². The first-order valence-corrected chi connectivity index (χ1v) is 5.57. The van der Waals surface area contributed by atoms with Crippen molar-refractivity contribution < 1.29 is 23.9 Å². The van der Waals surface area contributed by atoms with Crippen molar-refractivity contribution >= 4 is 12.6 Å². The molecule has 1 atom stereocenters. The molecule has 0 amide bonds. The average molecular weight is 240 g/mol. The number of ether oxygens (including phenoxy) is 2. The summed E-state index contributed by atoms with van der Waals surface area (Å²) >= 11 is 0. The molecule has 0 saturated carbocycles. The maximum absolute atomic E-state index is 13.4. The average Bonchev–Trinajstić information content (AvgIpc) is 2.80. The number of hydrogen-bond donors (Lipinski definition) is 2. The number of halogens is 1. The van der Waals surface area contributed by atoms with Crippen molar-refractivity contribution in [3.8, 4) is 5.75 Å². The van der Waals surface area contributed by atoms with E-state index in [0.717, 1.165) is 18.9 Å². The fraction of sp³-hybridized carbons (Fsp3) is 0.455. The topological polar surface area (TPSA) is 58.9 Å². The molecule has 1 aromatic rings. The van der Waals surface area contributed by atoms with Gasteiger partial charge in [-0.25, -0.2) is 4.39 Å². The van der Waals surface area contributed by atoms with Crippen molar-refractivity contribution in [2.75, 3.05) is 13.2 Å². The van der Waals surface area contributed by atoms with Gasteiger partial charge in [0, 0.05) is 6.61 Å². The van der Waals surface area contributed by atoms with Crippen LogP contribution in [-0.2, 0) is 4.74 Å². The first-order valence-electron chi connectivity index (χ1n) is 5.57. The summed E-state index contributed by atoms with van der Waals surface area (Å²) in [5, 5.41) is 17.9. The Morgan fingerprint density at radius 2 is 2.29 bits per heavy atom. The molecule has 0 spiro atoms. The van der Waals surface area contributed by atoms with Crippen molar-refractivity contribution in [2.24, 2.45) is 0 Å². The molecule has 0 aliphatic carbocycles. The fourth-order valence-electron chi connectivity index (χ4n) is 1.75. The quantitative estimate of drug-likeness (QED) is 0.731. The maximum atomic E-state index is 13.4. The Balaban J connectivity index is 2.00. The van der Waals surface area contributed by atoms with E-state index in [0.29, 0.717) is 6.61 Å². The lowest BCUT2D eigenvalue weighted by atomic mass is 9.80. The van der Waals surface area contributed by atoms with Gasteiger partial charge in [-0.05, 0) is 30.4 Å². The van der Waals surface area contributed by atoms with Gasteiger partial charge in [0.25, 0.3) is 0 Å². The van der Waals surface area contributed by atoms with Crippen LogP contribution in [0.5, 0.6) is 5.75 Å². The van der Waals surface area contributed by atoms with E-state index in [1.54, 1.807) is 0 Å². The van der Waals surface area contributed by atoms with Crippen molar-refractivity contribution in [1.29, 1.82) is 0 Å².